The van der Waals surface area contributed by atoms with Crippen molar-refractivity contribution in [2.45, 2.75) is 36.7 Å². The topological polar surface area (TPSA) is 63.6 Å². The van der Waals surface area contributed by atoms with Crippen molar-refractivity contribution in [1.29, 1.82) is 0 Å². The number of rotatable bonds is 6. The number of ether oxygens (including phenoxy) is 1. The minimum atomic E-state index is -3.64. The summed E-state index contributed by atoms with van der Waals surface area (Å²) in [6.45, 7) is 5.81. The van der Waals surface area contributed by atoms with Gasteiger partial charge in [0.25, 0.3) is 0 Å². The quantitative estimate of drug-likeness (QED) is 0.856. The number of sulfone groups is 1. The SMILES string of the molecule is COC(CO)(CS(=O)(=O)c1ccc(C(C)(C)C)cc1)c1ccccc1. The molecular weight excluding hydrogens is 336 g/mol. The molecule has 0 spiro atoms. The molecule has 2 aromatic carbocycles. The molecule has 0 aliphatic rings. The van der Waals surface area contributed by atoms with E-state index in [9.17, 15) is 13.5 Å². The number of hydrogen-bond acceptors (Lipinski definition) is 4. The number of hydrogen-bond donors (Lipinski definition) is 1. The van der Waals surface area contributed by atoms with Gasteiger partial charge in [-0.2, -0.15) is 0 Å². The molecule has 0 aliphatic heterocycles. The molecular formula is C20H26O4S. The van der Waals surface area contributed by atoms with Crippen LogP contribution in [0.1, 0.15) is 31.9 Å². The standard InChI is InChI=1S/C20H26O4S/c1-19(2,3)16-10-12-18(13-11-16)25(22,23)15-20(14-21,24-4)17-8-6-5-7-9-17/h5-13,21H,14-15H2,1-4H3. The molecule has 0 heterocycles. The number of aliphatic hydroxyl groups is 1. The third-order valence-corrected chi connectivity index (χ3v) is 6.29. The van der Waals surface area contributed by atoms with Crippen molar-refractivity contribution in [2.75, 3.05) is 19.5 Å². The van der Waals surface area contributed by atoms with E-state index in [0.717, 1.165) is 5.56 Å². The van der Waals surface area contributed by atoms with Crippen molar-refractivity contribution in [2.24, 2.45) is 0 Å². The fraction of sp³-hybridized carbons (Fsp3) is 0.400. The lowest BCUT2D eigenvalue weighted by Gasteiger charge is -2.30. The molecule has 4 nitrogen and oxygen atoms in total. The van der Waals surface area contributed by atoms with Crippen LogP contribution in [0.4, 0.5) is 0 Å². The Labute approximate surface area is 150 Å². The predicted octanol–water partition coefficient (Wildman–Crippen LogP) is 3.29. The molecule has 0 bridgehead atoms. The van der Waals surface area contributed by atoms with E-state index in [2.05, 4.69) is 20.8 Å². The minimum absolute atomic E-state index is 0.0479. The van der Waals surface area contributed by atoms with E-state index in [1.54, 1.807) is 36.4 Å². The second-order valence-corrected chi connectivity index (χ2v) is 9.25. The van der Waals surface area contributed by atoms with Gasteiger partial charge in [0.1, 0.15) is 5.60 Å². The highest BCUT2D eigenvalue weighted by molar-refractivity contribution is 7.91. The van der Waals surface area contributed by atoms with E-state index in [4.69, 9.17) is 4.74 Å². The van der Waals surface area contributed by atoms with Gasteiger partial charge in [0.2, 0.25) is 0 Å². The second-order valence-electron chi connectivity index (χ2n) is 7.26. The predicted molar refractivity (Wildman–Crippen MR) is 99.4 cm³/mol. The number of aliphatic hydroxyl groups excluding tert-OH is 1. The van der Waals surface area contributed by atoms with E-state index in [0.29, 0.717) is 5.56 Å². The Bertz CT molecular complexity index is 784. The first-order chi connectivity index (χ1) is 11.6. The molecule has 0 radical (unpaired) electrons. The summed E-state index contributed by atoms with van der Waals surface area (Å²) in [5, 5.41) is 9.90. The molecule has 1 atom stereocenters. The second kappa shape index (κ2) is 7.28. The van der Waals surface area contributed by atoms with Crippen molar-refractivity contribution in [3.8, 4) is 0 Å². The lowest BCUT2D eigenvalue weighted by Crippen LogP contribution is -2.40. The van der Waals surface area contributed by atoms with Crippen LogP contribution in [0.5, 0.6) is 0 Å². The lowest BCUT2D eigenvalue weighted by atomic mass is 9.87. The van der Waals surface area contributed by atoms with Crippen LogP contribution in [-0.4, -0.2) is 33.0 Å². The Morgan fingerprint density at radius 3 is 1.92 bits per heavy atom. The molecule has 0 aromatic heterocycles. The van der Waals surface area contributed by atoms with Crippen molar-refractivity contribution in [3.05, 3.63) is 65.7 Å². The molecule has 1 unspecified atom stereocenters. The van der Waals surface area contributed by atoms with Gasteiger partial charge in [-0.25, -0.2) is 8.42 Å². The van der Waals surface area contributed by atoms with Crippen molar-refractivity contribution in [3.63, 3.8) is 0 Å². The zero-order valence-electron chi connectivity index (χ0n) is 15.2. The molecule has 0 aliphatic carbocycles. The Morgan fingerprint density at radius 2 is 1.48 bits per heavy atom. The maximum absolute atomic E-state index is 12.9. The fourth-order valence-corrected chi connectivity index (χ4v) is 4.46. The van der Waals surface area contributed by atoms with Crippen LogP contribution < -0.4 is 0 Å². The highest BCUT2D eigenvalue weighted by Gasteiger charge is 2.37. The van der Waals surface area contributed by atoms with Crippen LogP contribution in [0.2, 0.25) is 0 Å². The van der Waals surface area contributed by atoms with Gasteiger partial charge in [-0.05, 0) is 28.7 Å². The highest BCUT2D eigenvalue weighted by atomic mass is 32.2. The summed E-state index contributed by atoms with van der Waals surface area (Å²) in [7, 11) is -2.22. The Balaban J connectivity index is 2.38. The van der Waals surface area contributed by atoms with Crippen LogP contribution in [0.15, 0.2) is 59.5 Å². The van der Waals surface area contributed by atoms with Gasteiger partial charge in [0.05, 0.1) is 17.3 Å². The van der Waals surface area contributed by atoms with Gasteiger partial charge < -0.3 is 9.84 Å². The molecule has 0 amide bonds. The molecule has 25 heavy (non-hydrogen) atoms. The molecule has 136 valence electrons. The first-order valence-electron chi connectivity index (χ1n) is 8.19. The average Bonchev–Trinajstić information content (AvgIpc) is 2.60. The maximum Gasteiger partial charge on any atom is 0.181 e. The number of benzene rings is 2. The minimum Gasteiger partial charge on any atom is -0.393 e. The summed E-state index contributed by atoms with van der Waals surface area (Å²) < 4.78 is 31.3. The third kappa shape index (κ3) is 4.29. The largest absolute Gasteiger partial charge is 0.393 e. The Morgan fingerprint density at radius 1 is 0.920 bits per heavy atom. The molecule has 0 fully saturated rings. The monoisotopic (exact) mass is 362 g/mol. The summed E-state index contributed by atoms with van der Waals surface area (Å²) in [4.78, 5) is 0.228. The van der Waals surface area contributed by atoms with E-state index in [1.807, 2.05) is 18.2 Å². The zero-order valence-corrected chi connectivity index (χ0v) is 16.0. The van der Waals surface area contributed by atoms with E-state index in [1.165, 1.54) is 7.11 Å². The van der Waals surface area contributed by atoms with Crippen molar-refractivity contribution < 1.29 is 18.3 Å². The van der Waals surface area contributed by atoms with Gasteiger partial charge in [-0.3, -0.25) is 0 Å². The average molecular weight is 362 g/mol. The normalized spacial score (nSPS) is 14.9. The molecule has 5 heteroatoms. The zero-order chi connectivity index (χ0) is 18.7. The summed E-state index contributed by atoms with van der Waals surface area (Å²) in [5.74, 6) is -0.328. The van der Waals surface area contributed by atoms with Gasteiger partial charge in [0.15, 0.2) is 9.84 Å². The van der Waals surface area contributed by atoms with E-state index >= 15 is 0 Å². The van der Waals surface area contributed by atoms with Crippen molar-refractivity contribution in [1.82, 2.24) is 0 Å². The smallest absolute Gasteiger partial charge is 0.181 e. The van der Waals surface area contributed by atoms with Crippen LogP contribution in [-0.2, 0) is 25.6 Å². The fourth-order valence-electron chi connectivity index (χ4n) is 2.76. The van der Waals surface area contributed by atoms with Crippen LogP contribution in [0.3, 0.4) is 0 Å². The lowest BCUT2D eigenvalue weighted by molar-refractivity contribution is -0.0393. The Kier molecular flexibility index (Phi) is 5.72. The van der Waals surface area contributed by atoms with Crippen LogP contribution in [0.25, 0.3) is 0 Å². The summed E-state index contributed by atoms with van der Waals surface area (Å²) in [6, 6.07) is 15.9. The molecule has 0 saturated heterocycles. The third-order valence-electron chi connectivity index (χ3n) is 4.45. The Hall–Kier alpha value is -1.69. The van der Waals surface area contributed by atoms with Crippen LogP contribution in [0, 0.1) is 0 Å². The maximum atomic E-state index is 12.9. The molecule has 0 saturated carbocycles. The first-order valence-corrected chi connectivity index (χ1v) is 9.85. The van der Waals surface area contributed by atoms with Gasteiger partial charge in [-0.1, -0.05) is 63.2 Å². The first kappa shape index (κ1) is 19.6. The summed E-state index contributed by atoms with van der Waals surface area (Å²) in [6.07, 6.45) is 0. The molecule has 2 aromatic rings. The van der Waals surface area contributed by atoms with E-state index in [-0.39, 0.29) is 16.1 Å². The van der Waals surface area contributed by atoms with Gasteiger partial charge in [-0.15, -0.1) is 0 Å². The van der Waals surface area contributed by atoms with E-state index < -0.39 is 22.0 Å². The van der Waals surface area contributed by atoms with Crippen LogP contribution >= 0.6 is 0 Å². The van der Waals surface area contributed by atoms with Gasteiger partial charge >= 0.3 is 0 Å². The molecule has 2 rings (SSSR count). The highest BCUT2D eigenvalue weighted by Crippen LogP contribution is 2.30. The molecule has 1 N–H and O–H groups in total. The summed E-state index contributed by atoms with van der Waals surface area (Å²) >= 11 is 0. The number of methoxy groups -OCH3 is 1. The van der Waals surface area contributed by atoms with Gasteiger partial charge in [0, 0.05) is 7.11 Å². The van der Waals surface area contributed by atoms with Crippen molar-refractivity contribution >= 4 is 9.84 Å². The summed E-state index contributed by atoms with van der Waals surface area (Å²) in [5.41, 5.74) is 0.362.